The number of carbonyl (C=O) groups is 1. The molecule has 4 heteroatoms. The highest BCUT2D eigenvalue weighted by molar-refractivity contribution is 5.81. The molecular formula is C10H20N2O2. The topological polar surface area (TPSA) is 55.6 Å². The number of nitrogens with zero attached hydrogens (tertiary/aromatic N) is 1. The normalized spacial score (nSPS) is 23.9. The molecule has 0 bridgehead atoms. The Morgan fingerprint density at radius 1 is 1.71 bits per heavy atom. The summed E-state index contributed by atoms with van der Waals surface area (Å²) in [5.74, 6) is 0.1000. The fourth-order valence-electron chi connectivity index (χ4n) is 2.00. The van der Waals surface area contributed by atoms with Crippen molar-refractivity contribution < 1.29 is 9.53 Å². The van der Waals surface area contributed by atoms with Gasteiger partial charge in [0, 0.05) is 26.2 Å². The summed E-state index contributed by atoms with van der Waals surface area (Å²) >= 11 is 0. The number of carbonyl (C=O) groups excluding carboxylic acids is 1. The van der Waals surface area contributed by atoms with Gasteiger partial charge in [0.1, 0.15) is 6.10 Å². The van der Waals surface area contributed by atoms with Gasteiger partial charge in [-0.15, -0.1) is 0 Å². The number of nitrogens with two attached hydrogens (primary N) is 1. The maximum atomic E-state index is 11.9. The van der Waals surface area contributed by atoms with E-state index in [1.807, 2.05) is 11.8 Å². The van der Waals surface area contributed by atoms with E-state index in [2.05, 4.69) is 0 Å². The van der Waals surface area contributed by atoms with Crippen LogP contribution in [-0.4, -0.2) is 43.2 Å². The fraction of sp³-hybridized carbons (Fsp3) is 0.900. The summed E-state index contributed by atoms with van der Waals surface area (Å²) in [5.41, 5.74) is 5.61. The molecule has 2 N–H and O–H groups in total. The molecule has 1 rings (SSSR count). The maximum absolute atomic E-state index is 11.9. The monoisotopic (exact) mass is 200 g/mol. The molecule has 1 aliphatic heterocycles. The largest absolute Gasteiger partial charge is 0.372 e. The van der Waals surface area contributed by atoms with Crippen LogP contribution in [0.5, 0.6) is 0 Å². The molecule has 1 amide bonds. The molecule has 0 radical (unpaired) electrons. The van der Waals surface area contributed by atoms with Crippen LogP contribution in [0.1, 0.15) is 26.2 Å². The van der Waals surface area contributed by atoms with Gasteiger partial charge >= 0.3 is 0 Å². The second-order valence-electron chi connectivity index (χ2n) is 3.70. The molecule has 0 aromatic heterocycles. The van der Waals surface area contributed by atoms with Crippen LogP contribution in [0.3, 0.4) is 0 Å². The first-order valence-corrected chi connectivity index (χ1v) is 5.27. The van der Waals surface area contributed by atoms with Crippen LogP contribution in [0.25, 0.3) is 0 Å². The average Bonchev–Trinajstić information content (AvgIpc) is 2.67. The summed E-state index contributed by atoms with van der Waals surface area (Å²) in [6.07, 6.45) is 2.53. The molecule has 4 nitrogen and oxygen atoms in total. The second-order valence-corrected chi connectivity index (χ2v) is 3.70. The SMILES string of the molecule is CCC(OC)C(=O)N1CCCC1CN. The lowest BCUT2D eigenvalue weighted by molar-refractivity contribution is -0.142. The summed E-state index contributed by atoms with van der Waals surface area (Å²) in [5, 5.41) is 0. The average molecular weight is 200 g/mol. The smallest absolute Gasteiger partial charge is 0.251 e. The summed E-state index contributed by atoms with van der Waals surface area (Å²) in [7, 11) is 1.58. The van der Waals surface area contributed by atoms with Gasteiger partial charge in [-0.25, -0.2) is 0 Å². The van der Waals surface area contributed by atoms with E-state index in [0.717, 1.165) is 25.8 Å². The highest BCUT2D eigenvalue weighted by Gasteiger charge is 2.31. The van der Waals surface area contributed by atoms with Gasteiger partial charge < -0.3 is 15.4 Å². The molecule has 82 valence electrons. The molecule has 0 saturated carbocycles. The number of ether oxygens (including phenoxy) is 1. The molecule has 1 saturated heterocycles. The summed E-state index contributed by atoms with van der Waals surface area (Å²) in [4.78, 5) is 13.8. The molecule has 1 fully saturated rings. The zero-order valence-corrected chi connectivity index (χ0v) is 9.03. The van der Waals surface area contributed by atoms with E-state index in [1.54, 1.807) is 7.11 Å². The summed E-state index contributed by atoms with van der Waals surface area (Å²) < 4.78 is 5.13. The quantitative estimate of drug-likeness (QED) is 0.713. The minimum atomic E-state index is -0.290. The summed E-state index contributed by atoms with van der Waals surface area (Å²) in [6, 6.07) is 0.228. The lowest BCUT2D eigenvalue weighted by atomic mass is 10.2. The number of amides is 1. The van der Waals surface area contributed by atoms with Crippen LogP contribution < -0.4 is 5.73 Å². The van der Waals surface area contributed by atoms with Gasteiger partial charge in [-0.2, -0.15) is 0 Å². The zero-order valence-electron chi connectivity index (χ0n) is 9.03. The zero-order chi connectivity index (χ0) is 10.6. The van der Waals surface area contributed by atoms with Gasteiger partial charge in [0.2, 0.25) is 0 Å². The van der Waals surface area contributed by atoms with Gasteiger partial charge in [0.15, 0.2) is 0 Å². The first-order valence-electron chi connectivity index (χ1n) is 5.27. The van der Waals surface area contributed by atoms with Crippen LogP contribution >= 0.6 is 0 Å². The van der Waals surface area contributed by atoms with Crippen molar-refractivity contribution in [3.05, 3.63) is 0 Å². The van der Waals surface area contributed by atoms with E-state index in [9.17, 15) is 4.79 Å². The molecule has 1 aliphatic rings. The second kappa shape index (κ2) is 5.32. The van der Waals surface area contributed by atoms with Crippen molar-refractivity contribution in [3.63, 3.8) is 0 Å². The highest BCUT2D eigenvalue weighted by Crippen LogP contribution is 2.18. The minimum absolute atomic E-state index is 0.1000. The van der Waals surface area contributed by atoms with Crippen LogP contribution in [0, 0.1) is 0 Å². The molecule has 2 unspecified atom stereocenters. The Bertz CT molecular complexity index is 193. The Morgan fingerprint density at radius 2 is 2.43 bits per heavy atom. The number of rotatable bonds is 4. The van der Waals surface area contributed by atoms with Crippen molar-refractivity contribution in [3.8, 4) is 0 Å². The molecule has 0 aromatic rings. The first kappa shape index (κ1) is 11.5. The third-order valence-corrected chi connectivity index (χ3v) is 2.86. The molecule has 1 heterocycles. The van der Waals surface area contributed by atoms with E-state index in [4.69, 9.17) is 10.5 Å². The van der Waals surface area contributed by atoms with Crippen molar-refractivity contribution in [1.29, 1.82) is 0 Å². The predicted molar refractivity (Wildman–Crippen MR) is 54.9 cm³/mol. The Kier molecular flexibility index (Phi) is 4.35. The number of hydrogen-bond donors (Lipinski definition) is 1. The van der Waals surface area contributed by atoms with E-state index in [1.165, 1.54) is 0 Å². The number of methoxy groups -OCH3 is 1. The Balaban J connectivity index is 2.58. The minimum Gasteiger partial charge on any atom is -0.372 e. The molecule has 0 aromatic carbocycles. The van der Waals surface area contributed by atoms with E-state index < -0.39 is 0 Å². The van der Waals surface area contributed by atoms with Crippen molar-refractivity contribution in [2.24, 2.45) is 5.73 Å². The van der Waals surface area contributed by atoms with Gasteiger partial charge in [-0.1, -0.05) is 6.92 Å². The van der Waals surface area contributed by atoms with Crippen LogP contribution in [0.15, 0.2) is 0 Å². The molecule has 0 aliphatic carbocycles. The number of likely N-dealkylation sites (tertiary alicyclic amines) is 1. The third kappa shape index (κ3) is 2.25. The van der Waals surface area contributed by atoms with Crippen molar-refractivity contribution in [2.75, 3.05) is 20.2 Å². The van der Waals surface area contributed by atoms with Crippen LogP contribution in [0.2, 0.25) is 0 Å². The Hall–Kier alpha value is -0.610. The van der Waals surface area contributed by atoms with E-state index in [0.29, 0.717) is 6.54 Å². The van der Waals surface area contributed by atoms with Gasteiger partial charge in [0.25, 0.3) is 5.91 Å². The van der Waals surface area contributed by atoms with Crippen molar-refractivity contribution in [2.45, 2.75) is 38.3 Å². The van der Waals surface area contributed by atoms with Crippen LogP contribution in [0.4, 0.5) is 0 Å². The molecule has 14 heavy (non-hydrogen) atoms. The van der Waals surface area contributed by atoms with Crippen LogP contribution in [-0.2, 0) is 9.53 Å². The molecular weight excluding hydrogens is 180 g/mol. The third-order valence-electron chi connectivity index (χ3n) is 2.86. The van der Waals surface area contributed by atoms with E-state index in [-0.39, 0.29) is 18.1 Å². The standard InChI is InChI=1S/C10H20N2O2/c1-3-9(14-2)10(13)12-6-4-5-8(12)7-11/h8-9H,3-7,11H2,1-2H3. The van der Waals surface area contributed by atoms with Gasteiger partial charge in [-0.3, -0.25) is 4.79 Å². The maximum Gasteiger partial charge on any atom is 0.251 e. The van der Waals surface area contributed by atoms with E-state index >= 15 is 0 Å². The fourth-order valence-corrected chi connectivity index (χ4v) is 2.00. The number of hydrogen-bond acceptors (Lipinski definition) is 3. The van der Waals surface area contributed by atoms with Gasteiger partial charge in [0.05, 0.1) is 0 Å². The predicted octanol–water partition coefficient (Wildman–Crippen LogP) is 0.361. The van der Waals surface area contributed by atoms with Crippen molar-refractivity contribution in [1.82, 2.24) is 4.90 Å². The Morgan fingerprint density at radius 3 is 2.93 bits per heavy atom. The van der Waals surface area contributed by atoms with Gasteiger partial charge in [-0.05, 0) is 19.3 Å². The van der Waals surface area contributed by atoms with Crippen molar-refractivity contribution >= 4 is 5.91 Å². The Labute approximate surface area is 85.4 Å². The molecule has 0 spiro atoms. The molecule has 2 atom stereocenters. The first-order chi connectivity index (χ1) is 6.74. The lowest BCUT2D eigenvalue weighted by Gasteiger charge is -2.26. The lowest BCUT2D eigenvalue weighted by Crippen LogP contribution is -2.45. The highest BCUT2D eigenvalue weighted by atomic mass is 16.5. The summed E-state index contributed by atoms with van der Waals surface area (Å²) in [6.45, 7) is 3.35.